The zero-order chi connectivity index (χ0) is 15.4. The lowest BCUT2D eigenvalue weighted by Crippen LogP contribution is -2.25. The number of fused-ring (bicyclic) bond motifs is 1. The topological polar surface area (TPSA) is 58.2 Å². The summed E-state index contributed by atoms with van der Waals surface area (Å²) in [6.45, 7) is 0.609. The maximum Gasteiger partial charge on any atom is 0.251 e. The highest BCUT2D eigenvalue weighted by Crippen LogP contribution is 2.31. The van der Waals surface area contributed by atoms with E-state index >= 15 is 0 Å². The highest BCUT2D eigenvalue weighted by molar-refractivity contribution is 7.99. The monoisotopic (exact) mass is 332 g/mol. The quantitative estimate of drug-likeness (QED) is 0.904. The van der Waals surface area contributed by atoms with Crippen LogP contribution < -0.4 is 10.6 Å². The molecule has 0 unspecified atom stereocenters. The third-order valence-electron chi connectivity index (χ3n) is 3.34. The molecule has 3 rings (SSSR count). The molecule has 0 spiro atoms. The fourth-order valence-corrected chi connectivity index (χ4v) is 3.86. The van der Waals surface area contributed by atoms with Gasteiger partial charge in [-0.1, -0.05) is 6.07 Å². The van der Waals surface area contributed by atoms with Gasteiger partial charge < -0.3 is 10.6 Å². The molecule has 0 fully saturated rings. The molecular formula is C16H16N2O2S2. The van der Waals surface area contributed by atoms with Gasteiger partial charge >= 0.3 is 0 Å². The van der Waals surface area contributed by atoms with E-state index in [1.54, 1.807) is 29.2 Å². The van der Waals surface area contributed by atoms with Crippen LogP contribution in [0.2, 0.25) is 0 Å². The number of amides is 2. The molecule has 2 amide bonds. The minimum Gasteiger partial charge on any atom is -0.352 e. The Bertz CT molecular complexity index is 683. The molecule has 1 aromatic heterocycles. The number of carbonyl (C=O) groups excluding carboxylic acids is 2. The van der Waals surface area contributed by atoms with Crippen LogP contribution >= 0.6 is 23.1 Å². The van der Waals surface area contributed by atoms with E-state index in [2.05, 4.69) is 16.7 Å². The van der Waals surface area contributed by atoms with Crippen molar-refractivity contribution in [2.24, 2.45) is 0 Å². The molecule has 0 saturated heterocycles. The maximum atomic E-state index is 12.2. The normalized spacial score (nSPS) is 13.9. The van der Waals surface area contributed by atoms with Gasteiger partial charge in [0.25, 0.3) is 5.91 Å². The summed E-state index contributed by atoms with van der Waals surface area (Å²) in [7, 11) is 0. The number of benzene rings is 1. The number of nitrogens with one attached hydrogen (secondary N) is 2. The van der Waals surface area contributed by atoms with Crippen LogP contribution in [0.3, 0.4) is 0 Å². The molecule has 114 valence electrons. The van der Waals surface area contributed by atoms with Crippen molar-refractivity contribution >= 4 is 40.6 Å². The molecule has 0 atom stereocenters. The Kier molecular flexibility index (Phi) is 4.80. The van der Waals surface area contributed by atoms with Crippen molar-refractivity contribution < 1.29 is 9.59 Å². The Morgan fingerprint density at radius 2 is 2.23 bits per heavy atom. The van der Waals surface area contributed by atoms with Crippen LogP contribution in [-0.2, 0) is 11.2 Å². The van der Waals surface area contributed by atoms with Crippen molar-refractivity contribution in [1.29, 1.82) is 0 Å². The molecule has 2 aromatic rings. The van der Waals surface area contributed by atoms with E-state index in [0.717, 1.165) is 22.8 Å². The van der Waals surface area contributed by atoms with E-state index in [9.17, 15) is 9.59 Å². The predicted molar refractivity (Wildman–Crippen MR) is 90.8 cm³/mol. The van der Waals surface area contributed by atoms with Gasteiger partial charge in [0.05, 0.1) is 5.69 Å². The first-order valence-electron chi connectivity index (χ1n) is 7.09. The number of thiophene rings is 1. The summed E-state index contributed by atoms with van der Waals surface area (Å²) in [4.78, 5) is 26.1. The van der Waals surface area contributed by atoms with E-state index in [1.165, 1.54) is 4.88 Å². The standard InChI is InChI=1S/C16H16N2O2S2/c19-15-6-9-22-14-4-3-11(10-13(14)18-15)16(20)17-7-5-12-2-1-8-21-12/h1-4,8,10H,5-7,9H2,(H,17,20)(H,18,19). The van der Waals surface area contributed by atoms with Crippen LogP contribution in [0.25, 0.3) is 0 Å². The SMILES string of the molecule is O=C1CCSc2ccc(C(=O)NCCc3cccs3)cc2N1. The number of rotatable bonds is 4. The first kappa shape index (κ1) is 15.1. The largest absolute Gasteiger partial charge is 0.352 e. The average Bonchev–Trinajstić information content (AvgIpc) is 2.94. The Morgan fingerprint density at radius 3 is 3.05 bits per heavy atom. The second kappa shape index (κ2) is 6.98. The van der Waals surface area contributed by atoms with Gasteiger partial charge in [0.15, 0.2) is 0 Å². The number of hydrogen-bond acceptors (Lipinski definition) is 4. The zero-order valence-electron chi connectivity index (χ0n) is 11.9. The van der Waals surface area contributed by atoms with Crippen molar-refractivity contribution in [2.45, 2.75) is 17.7 Å². The fraction of sp³-hybridized carbons (Fsp3) is 0.250. The lowest BCUT2D eigenvalue weighted by molar-refractivity contribution is -0.115. The lowest BCUT2D eigenvalue weighted by Gasteiger charge is -2.09. The molecule has 0 radical (unpaired) electrons. The summed E-state index contributed by atoms with van der Waals surface area (Å²) >= 11 is 3.33. The molecule has 0 aliphatic carbocycles. The summed E-state index contributed by atoms with van der Waals surface area (Å²) in [5.74, 6) is 0.662. The number of carbonyl (C=O) groups is 2. The summed E-state index contributed by atoms with van der Waals surface area (Å²) < 4.78 is 0. The van der Waals surface area contributed by atoms with E-state index < -0.39 is 0 Å². The Balaban J connectivity index is 1.64. The van der Waals surface area contributed by atoms with Gasteiger partial charge in [0, 0.05) is 34.1 Å². The second-order valence-corrected chi connectivity index (χ2v) is 7.11. The summed E-state index contributed by atoms with van der Waals surface area (Å²) in [5.41, 5.74) is 1.31. The highest BCUT2D eigenvalue weighted by Gasteiger charge is 2.15. The van der Waals surface area contributed by atoms with E-state index in [0.29, 0.717) is 18.5 Å². The molecule has 0 bridgehead atoms. The smallest absolute Gasteiger partial charge is 0.251 e. The summed E-state index contributed by atoms with van der Waals surface area (Å²) in [5, 5.41) is 7.81. The molecule has 1 aliphatic heterocycles. The van der Waals surface area contributed by atoms with Crippen molar-refractivity contribution in [1.82, 2.24) is 5.32 Å². The van der Waals surface area contributed by atoms with Gasteiger partial charge in [-0.2, -0.15) is 0 Å². The number of thioether (sulfide) groups is 1. The predicted octanol–water partition coefficient (Wildman–Crippen LogP) is 3.15. The molecular weight excluding hydrogens is 316 g/mol. The average molecular weight is 332 g/mol. The molecule has 1 aliphatic rings. The van der Waals surface area contributed by atoms with Crippen LogP contribution in [0.4, 0.5) is 5.69 Å². The molecule has 22 heavy (non-hydrogen) atoms. The Labute approximate surface area is 137 Å². The first-order valence-corrected chi connectivity index (χ1v) is 8.96. The second-order valence-electron chi connectivity index (χ2n) is 4.94. The van der Waals surface area contributed by atoms with Gasteiger partial charge in [0.1, 0.15) is 0 Å². The third kappa shape index (κ3) is 3.69. The van der Waals surface area contributed by atoms with Crippen LogP contribution in [0, 0.1) is 0 Å². The van der Waals surface area contributed by atoms with Gasteiger partial charge in [-0.05, 0) is 36.1 Å². The molecule has 2 heterocycles. The first-order chi connectivity index (χ1) is 10.7. The van der Waals surface area contributed by atoms with E-state index in [-0.39, 0.29) is 11.8 Å². The van der Waals surface area contributed by atoms with Gasteiger partial charge in [-0.25, -0.2) is 0 Å². The van der Waals surface area contributed by atoms with E-state index in [4.69, 9.17) is 0 Å². The van der Waals surface area contributed by atoms with Crippen LogP contribution in [0.15, 0.2) is 40.6 Å². The van der Waals surface area contributed by atoms with Crippen molar-refractivity contribution in [3.05, 3.63) is 46.2 Å². The van der Waals surface area contributed by atoms with Crippen LogP contribution in [0.1, 0.15) is 21.7 Å². The van der Waals surface area contributed by atoms with Gasteiger partial charge in [-0.15, -0.1) is 23.1 Å². The van der Waals surface area contributed by atoms with Crippen molar-refractivity contribution in [2.75, 3.05) is 17.6 Å². The lowest BCUT2D eigenvalue weighted by atomic mass is 10.2. The molecule has 2 N–H and O–H groups in total. The maximum absolute atomic E-state index is 12.2. The third-order valence-corrected chi connectivity index (χ3v) is 5.35. The van der Waals surface area contributed by atoms with Gasteiger partial charge in [-0.3, -0.25) is 9.59 Å². The molecule has 0 saturated carbocycles. The summed E-state index contributed by atoms with van der Waals surface area (Å²) in [6.07, 6.45) is 1.34. The fourth-order valence-electron chi connectivity index (χ4n) is 2.22. The molecule has 4 nitrogen and oxygen atoms in total. The van der Waals surface area contributed by atoms with Gasteiger partial charge in [0.2, 0.25) is 5.91 Å². The van der Waals surface area contributed by atoms with Crippen LogP contribution in [0.5, 0.6) is 0 Å². The molecule has 1 aromatic carbocycles. The minimum atomic E-state index is -0.108. The Hall–Kier alpha value is -1.79. The van der Waals surface area contributed by atoms with Crippen molar-refractivity contribution in [3.63, 3.8) is 0 Å². The zero-order valence-corrected chi connectivity index (χ0v) is 13.6. The highest BCUT2D eigenvalue weighted by atomic mass is 32.2. The Morgan fingerprint density at radius 1 is 1.32 bits per heavy atom. The summed E-state index contributed by atoms with van der Waals surface area (Å²) in [6, 6.07) is 9.54. The minimum absolute atomic E-state index is 0.00139. The molecule has 6 heteroatoms. The van der Waals surface area contributed by atoms with Crippen LogP contribution in [-0.4, -0.2) is 24.1 Å². The van der Waals surface area contributed by atoms with E-state index in [1.807, 2.05) is 23.6 Å². The number of anilines is 1. The van der Waals surface area contributed by atoms with Crippen molar-refractivity contribution in [3.8, 4) is 0 Å². The number of hydrogen-bond donors (Lipinski definition) is 2.